The van der Waals surface area contributed by atoms with Gasteiger partial charge in [-0.3, -0.25) is 0 Å². The average Bonchev–Trinajstić information content (AvgIpc) is 2.94. The van der Waals surface area contributed by atoms with Crippen LogP contribution in [0, 0.1) is 5.82 Å². The summed E-state index contributed by atoms with van der Waals surface area (Å²) in [4.78, 5) is 4.39. The van der Waals surface area contributed by atoms with Gasteiger partial charge in [-0.2, -0.15) is 0 Å². The minimum absolute atomic E-state index is 0.101. The normalized spacial score (nSPS) is 23.9. The van der Waals surface area contributed by atoms with Crippen LogP contribution in [0.2, 0.25) is 0 Å². The number of nitrogens with one attached hydrogen (secondary N) is 1. The minimum Gasteiger partial charge on any atom is -0.370 e. The molecule has 4 heteroatoms. The van der Waals surface area contributed by atoms with E-state index >= 15 is 0 Å². The summed E-state index contributed by atoms with van der Waals surface area (Å²) in [6.45, 7) is 6.07. The molecule has 1 saturated carbocycles. The Bertz CT molecular complexity index is 462. The van der Waals surface area contributed by atoms with E-state index in [1.165, 1.54) is 6.07 Å². The lowest BCUT2D eigenvalue weighted by atomic mass is 10.1. The number of halogens is 1. The van der Waals surface area contributed by atoms with Crippen LogP contribution < -0.4 is 11.1 Å². The highest BCUT2D eigenvalue weighted by molar-refractivity contribution is 5.79. The van der Waals surface area contributed by atoms with Crippen LogP contribution in [-0.2, 0) is 0 Å². The molecule has 2 unspecified atom stereocenters. The molecule has 0 radical (unpaired) electrons. The van der Waals surface area contributed by atoms with Crippen LogP contribution in [0.25, 0.3) is 0 Å². The van der Waals surface area contributed by atoms with E-state index < -0.39 is 0 Å². The smallest absolute Gasteiger partial charge is 0.189 e. The maximum absolute atomic E-state index is 13.6. The van der Waals surface area contributed by atoms with E-state index in [2.05, 4.69) is 10.3 Å². The summed E-state index contributed by atoms with van der Waals surface area (Å²) in [6, 6.07) is 6.98. The van der Waals surface area contributed by atoms with E-state index in [1.54, 1.807) is 6.07 Å². The maximum atomic E-state index is 13.6. The van der Waals surface area contributed by atoms with Crippen molar-refractivity contribution >= 4 is 5.96 Å². The van der Waals surface area contributed by atoms with Crippen molar-refractivity contribution in [3.8, 4) is 0 Å². The van der Waals surface area contributed by atoms with Crippen molar-refractivity contribution in [3.63, 3.8) is 0 Å². The van der Waals surface area contributed by atoms with Crippen LogP contribution in [0.5, 0.6) is 0 Å². The minimum atomic E-state index is -0.150. The zero-order valence-corrected chi connectivity index (χ0v) is 11.1. The molecule has 1 aromatic rings. The Balaban J connectivity index is 2.00. The van der Waals surface area contributed by atoms with Gasteiger partial charge < -0.3 is 11.1 Å². The third-order valence-electron chi connectivity index (χ3n) is 2.87. The summed E-state index contributed by atoms with van der Waals surface area (Å²) in [5, 5.41) is 3.11. The largest absolute Gasteiger partial charge is 0.370 e. The number of benzene rings is 1. The van der Waals surface area contributed by atoms with Gasteiger partial charge >= 0.3 is 0 Å². The third-order valence-corrected chi connectivity index (χ3v) is 2.87. The SMILES string of the molecule is CC(C)(C)NC(N)=NC1CC1c1ccccc1F. The molecule has 0 aliphatic heterocycles. The van der Waals surface area contributed by atoms with Crippen LogP contribution >= 0.6 is 0 Å². The number of rotatable bonds is 2. The Kier molecular flexibility index (Phi) is 3.28. The van der Waals surface area contributed by atoms with Crippen LogP contribution in [0.3, 0.4) is 0 Å². The zero-order valence-electron chi connectivity index (χ0n) is 11.1. The van der Waals surface area contributed by atoms with E-state index in [-0.39, 0.29) is 23.3 Å². The van der Waals surface area contributed by atoms with E-state index in [1.807, 2.05) is 32.9 Å². The monoisotopic (exact) mass is 249 g/mol. The van der Waals surface area contributed by atoms with Crippen molar-refractivity contribution in [3.05, 3.63) is 35.6 Å². The van der Waals surface area contributed by atoms with E-state index in [4.69, 9.17) is 5.73 Å². The van der Waals surface area contributed by atoms with Gasteiger partial charge in [0.15, 0.2) is 5.96 Å². The fraction of sp³-hybridized carbons (Fsp3) is 0.500. The molecule has 98 valence electrons. The lowest BCUT2D eigenvalue weighted by Gasteiger charge is -2.21. The van der Waals surface area contributed by atoms with Crippen molar-refractivity contribution in [2.45, 2.75) is 44.7 Å². The summed E-state index contributed by atoms with van der Waals surface area (Å²) in [7, 11) is 0. The van der Waals surface area contributed by atoms with Crippen LogP contribution in [0.15, 0.2) is 29.3 Å². The Hall–Kier alpha value is -1.58. The predicted octanol–water partition coefficient (Wildman–Crippen LogP) is 2.38. The second-order valence-electron chi connectivity index (χ2n) is 5.82. The average molecular weight is 249 g/mol. The van der Waals surface area contributed by atoms with E-state index in [0.29, 0.717) is 5.96 Å². The number of hydrogen-bond acceptors (Lipinski definition) is 1. The van der Waals surface area contributed by atoms with Crippen molar-refractivity contribution in [2.24, 2.45) is 10.7 Å². The highest BCUT2D eigenvalue weighted by atomic mass is 19.1. The molecule has 3 N–H and O–H groups in total. The first-order valence-electron chi connectivity index (χ1n) is 6.23. The zero-order chi connectivity index (χ0) is 13.3. The summed E-state index contributed by atoms with van der Waals surface area (Å²) < 4.78 is 13.6. The molecule has 0 aromatic heterocycles. The van der Waals surface area contributed by atoms with Crippen molar-refractivity contribution < 1.29 is 4.39 Å². The molecule has 0 spiro atoms. The van der Waals surface area contributed by atoms with Crippen LogP contribution in [-0.4, -0.2) is 17.5 Å². The second-order valence-corrected chi connectivity index (χ2v) is 5.82. The molecule has 1 aromatic carbocycles. The number of guanidine groups is 1. The third kappa shape index (κ3) is 3.22. The lowest BCUT2D eigenvalue weighted by molar-refractivity contribution is 0.508. The van der Waals surface area contributed by atoms with E-state index in [9.17, 15) is 4.39 Å². The van der Waals surface area contributed by atoms with Gasteiger partial charge in [-0.05, 0) is 38.8 Å². The Labute approximate surface area is 107 Å². The molecule has 0 amide bonds. The fourth-order valence-corrected chi connectivity index (χ4v) is 2.03. The molecule has 2 atom stereocenters. The number of nitrogens with two attached hydrogens (primary N) is 1. The predicted molar refractivity (Wildman–Crippen MR) is 72.1 cm³/mol. The van der Waals surface area contributed by atoms with Crippen molar-refractivity contribution in [1.29, 1.82) is 0 Å². The molecule has 0 saturated heterocycles. The molecule has 0 heterocycles. The Morgan fingerprint density at radius 2 is 2.06 bits per heavy atom. The van der Waals surface area contributed by atoms with Crippen LogP contribution in [0.4, 0.5) is 4.39 Å². The first-order chi connectivity index (χ1) is 8.37. The van der Waals surface area contributed by atoms with Gasteiger partial charge in [0.25, 0.3) is 0 Å². The standard InChI is InChI=1S/C14H20FN3/c1-14(2,3)18-13(16)17-12-8-10(12)9-6-4-5-7-11(9)15/h4-7,10,12H,8H2,1-3H3,(H3,16,17,18). The molecular weight excluding hydrogens is 229 g/mol. The molecule has 1 fully saturated rings. The molecule has 3 nitrogen and oxygen atoms in total. The maximum Gasteiger partial charge on any atom is 0.189 e. The molecular formula is C14H20FN3. The first kappa shape index (κ1) is 12.9. The first-order valence-corrected chi connectivity index (χ1v) is 6.23. The molecule has 0 bridgehead atoms. The van der Waals surface area contributed by atoms with Gasteiger partial charge in [-0.15, -0.1) is 0 Å². The molecule has 1 aliphatic rings. The van der Waals surface area contributed by atoms with Crippen molar-refractivity contribution in [1.82, 2.24) is 5.32 Å². The number of hydrogen-bond donors (Lipinski definition) is 2. The Morgan fingerprint density at radius 3 is 2.67 bits per heavy atom. The van der Waals surface area contributed by atoms with Gasteiger partial charge in [0.05, 0.1) is 6.04 Å². The fourth-order valence-electron chi connectivity index (χ4n) is 2.03. The molecule has 1 aliphatic carbocycles. The van der Waals surface area contributed by atoms with Gasteiger partial charge in [-0.1, -0.05) is 18.2 Å². The molecule has 18 heavy (non-hydrogen) atoms. The number of aliphatic imine (C=N–C) groups is 1. The summed E-state index contributed by atoms with van der Waals surface area (Å²) in [6.07, 6.45) is 0.869. The summed E-state index contributed by atoms with van der Waals surface area (Å²) in [5.41, 5.74) is 6.47. The van der Waals surface area contributed by atoms with Gasteiger partial charge in [0.1, 0.15) is 5.82 Å². The number of nitrogens with zero attached hydrogens (tertiary/aromatic N) is 1. The Morgan fingerprint density at radius 1 is 1.39 bits per heavy atom. The highest BCUT2D eigenvalue weighted by Crippen LogP contribution is 2.44. The second kappa shape index (κ2) is 4.59. The topological polar surface area (TPSA) is 50.4 Å². The van der Waals surface area contributed by atoms with E-state index in [0.717, 1.165) is 12.0 Å². The summed E-state index contributed by atoms with van der Waals surface area (Å²) in [5.74, 6) is 0.459. The molecule has 2 rings (SSSR count). The van der Waals surface area contributed by atoms with Crippen LogP contribution in [0.1, 0.15) is 38.7 Å². The van der Waals surface area contributed by atoms with Gasteiger partial charge in [0, 0.05) is 11.5 Å². The van der Waals surface area contributed by atoms with Gasteiger partial charge in [0.2, 0.25) is 0 Å². The summed E-state index contributed by atoms with van der Waals surface area (Å²) >= 11 is 0. The van der Waals surface area contributed by atoms with Crippen molar-refractivity contribution in [2.75, 3.05) is 0 Å². The van der Waals surface area contributed by atoms with Gasteiger partial charge in [-0.25, -0.2) is 9.38 Å². The lowest BCUT2D eigenvalue weighted by Crippen LogP contribution is -2.45. The quantitative estimate of drug-likeness (QED) is 0.624. The highest BCUT2D eigenvalue weighted by Gasteiger charge is 2.40.